The molecule has 0 saturated heterocycles. The monoisotopic (exact) mass is 275 g/mol. The Kier molecular flexibility index (Phi) is 2.95. The largest absolute Gasteiger partial charge is 0.292 e. The number of carbonyl (C=O) groups is 1. The summed E-state index contributed by atoms with van der Waals surface area (Å²) in [7, 11) is 0. The number of nitrogens with zero attached hydrogens (tertiary/aromatic N) is 1. The minimum atomic E-state index is 0.0392. The first-order valence-corrected chi connectivity index (χ1v) is 7.53. The third-order valence-corrected chi connectivity index (χ3v) is 4.86. The molecule has 4 rings (SSSR count). The van der Waals surface area contributed by atoms with Crippen LogP contribution in [0.5, 0.6) is 0 Å². The number of pyridine rings is 1. The zero-order chi connectivity index (χ0) is 14.2. The minimum Gasteiger partial charge on any atom is -0.292 e. The summed E-state index contributed by atoms with van der Waals surface area (Å²) in [6.07, 6.45) is 7.33. The van der Waals surface area contributed by atoms with Gasteiger partial charge in [-0.1, -0.05) is 48.6 Å². The highest BCUT2D eigenvalue weighted by atomic mass is 16.1. The summed E-state index contributed by atoms with van der Waals surface area (Å²) in [5, 5.41) is 0. The lowest BCUT2D eigenvalue weighted by atomic mass is 9.75. The molecular formula is C19H17NO. The summed E-state index contributed by atoms with van der Waals surface area (Å²) >= 11 is 0. The van der Waals surface area contributed by atoms with E-state index in [1.165, 1.54) is 5.56 Å². The lowest BCUT2D eigenvalue weighted by Gasteiger charge is -2.27. The van der Waals surface area contributed by atoms with Gasteiger partial charge in [-0.3, -0.25) is 9.78 Å². The van der Waals surface area contributed by atoms with Crippen molar-refractivity contribution in [3.05, 3.63) is 78.1 Å². The molecule has 2 aliphatic carbocycles. The molecule has 2 heteroatoms. The van der Waals surface area contributed by atoms with E-state index in [0.717, 1.165) is 6.42 Å². The van der Waals surface area contributed by atoms with Crippen molar-refractivity contribution in [3.63, 3.8) is 0 Å². The van der Waals surface area contributed by atoms with Crippen LogP contribution in [0.25, 0.3) is 0 Å². The van der Waals surface area contributed by atoms with Crippen molar-refractivity contribution in [2.45, 2.75) is 12.3 Å². The fourth-order valence-corrected chi connectivity index (χ4v) is 3.99. The topological polar surface area (TPSA) is 30.0 Å². The quantitative estimate of drug-likeness (QED) is 0.628. The standard InChI is InChI=1S/C19H17NO/c21-19(16-8-4-5-11-20-16)18-15-10-9-14(12-15)17(18)13-6-2-1-3-7-13/h1-11,14-15,17-18H,12H2/t14-,15+,17?,18+/m1/s1. The molecule has 0 amide bonds. The molecule has 1 aromatic heterocycles. The Morgan fingerprint density at radius 1 is 0.952 bits per heavy atom. The van der Waals surface area contributed by atoms with Crippen LogP contribution in [-0.4, -0.2) is 10.8 Å². The average Bonchev–Trinajstić information content (AvgIpc) is 3.17. The zero-order valence-electron chi connectivity index (χ0n) is 11.7. The second-order valence-electron chi connectivity index (χ2n) is 5.99. The molecule has 1 unspecified atom stereocenters. The number of benzene rings is 1. The molecule has 0 aliphatic heterocycles. The third kappa shape index (κ3) is 2.02. The number of hydrogen-bond donors (Lipinski definition) is 0. The van der Waals surface area contributed by atoms with Crippen LogP contribution in [0.3, 0.4) is 0 Å². The maximum atomic E-state index is 12.9. The Morgan fingerprint density at radius 2 is 1.71 bits per heavy atom. The smallest absolute Gasteiger partial charge is 0.185 e. The minimum absolute atomic E-state index is 0.0392. The summed E-state index contributed by atoms with van der Waals surface area (Å²) in [6, 6.07) is 16.0. The molecule has 4 atom stereocenters. The molecule has 1 heterocycles. The number of hydrogen-bond acceptors (Lipinski definition) is 2. The molecule has 1 fully saturated rings. The molecule has 2 bridgehead atoms. The number of ketones is 1. The number of allylic oxidation sites excluding steroid dienone is 2. The van der Waals surface area contributed by atoms with Crippen LogP contribution in [0, 0.1) is 17.8 Å². The van der Waals surface area contributed by atoms with Crippen molar-refractivity contribution in [1.82, 2.24) is 4.98 Å². The Hall–Kier alpha value is -2.22. The summed E-state index contributed by atoms with van der Waals surface area (Å²) < 4.78 is 0. The summed E-state index contributed by atoms with van der Waals surface area (Å²) in [5.41, 5.74) is 1.88. The van der Waals surface area contributed by atoms with Crippen molar-refractivity contribution in [3.8, 4) is 0 Å². The van der Waals surface area contributed by atoms with E-state index >= 15 is 0 Å². The van der Waals surface area contributed by atoms with E-state index in [9.17, 15) is 4.79 Å². The fraction of sp³-hybridized carbons (Fsp3) is 0.263. The van der Waals surface area contributed by atoms with Gasteiger partial charge in [0.2, 0.25) is 0 Å². The van der Waals surface area contributed by atoms with E-state index in [-0.39, 0.29) is 11.7 Å². The highest BCUT2D eigenvalue weighted by Gasteiger charge is 2.48. The fourth-order valence-electron chi connectivity index (χ4n) is 3.99. The van der Waals surface area contributed by atoms with Crippen molar-refractivity contribution in [2.75, 3.05) is 0 Å². The molecule has 2 nitrogen and oxygen atoms in total. The molecule has 104 valence electrons. The molecule has 0 radical (unpaired) electrons. The lowest BCUT2D eigenvalue weighted by Crippen LogP contribution is -2.27. The van der Waals surface area contributed by atoms with Gasteiger partial charge in [-0.05, 0) is 36.0 Å². The SMILES string of the molecule is O=C(c1ccccn1)[C@@H]1C(c2ccccc2)[C@@H]2C=C[C@H]1C2. The molecule has 1 saturated carbocycles. The van der Waals surface area contributed by atoms with Crippen molar-refractivity contribution >= 4 is 5.78 Å². The Balaban J connectivity index is 1.73. The van der Waals surface area contributed by atoms with Gasteiger partial charge in [-0.15, -0.1) is 0 Å². The van der Waals surface area contributed by atoms with Crippen molar-refractivity contribution in [2.24, 2.45) is 17.8 Å². The van der Waals surface area contributed by atoms with Crippen LogP contribution in [-0.2, 0) is 0 Å². The third-order valence-electron chi connectivity index (χ3n) is 4.86. The van der Waals surface area contributed by atoms with Gasteiger partial charge in [0.05, 0.1) is 0 Å². The van der Waals surface area contributed by atoms with Crippen molar-refractivity contribution < 1.29 is 4.79 Å². The predicted molar refractivity (Wildman–Crippen MR) is 82.0 cm³/mol. The van der Waals surface area contributed by atoms with Gasteiger partial charge in [0, 0.05) is 18.0 Å². The van der Waals surface area contributed by atoms with Gasteiger partial charge in [0.15, 0.2) is 5.78 Å². The number of rotatable bonds is 3. The van der Waals surface area contributed by atoms with Crippen LogP contribution in [0.4, 0.5) is 0 Å². The van der Waals surface area contributed by atoms with E-state index in [4.69, 9.17) is 0 Å². The number of Topliss-reactive ketones (excluding diaryl/α,β-unsaturated/α-hetero) is 1. The van der Waals surface area contributed by atoms with E-state index in [1.54, 1.807) is 6.20 Å². The molecular weight excluding hydrogens is 258 g/mol. The number of carbonyl (C=O) groups excluding carboxylic acids is 1. The normalized spacial score (nSPS) is 29.7. The Bertz CT molecular complexity index is 677. The summed E-state index contributed by atoms with van der Waals surface area (Å²) in [5.74, 6) is 1.40. The van der Waals surface area contributed by atoms with Crippen LogP contribution in [0.2, 0.25) is 0 Å². The molecule has 2 aromatic rings. The van der Waals surface area contributed by atoms with Gasteiger partial charge < -0.3 is 0 Å². The van der Waals surface area contributed by atoms with Gasteiger partial charge in [-0.2, -0.15) is 0 Å². The zero-order valence-corrected chi connectivity index (χ0v) is 11.7. The lowest BCUT2D eigenvalue weighted by molar-refractivity contribution is 0.0881. The molecule has 0 N–H and O–H groups in total. The first kappa shape index (κ1) is 12.5. The second kappa shape index (κ2) is 4.96. The number of aromatic nitrogens is 1. The number of fused-ring (bicyclic) bond motifs is 2. The van der Waals surface area contributed by atoms with Crippen LogP contribution in [0.15, 0.2) is 66.9 Å². The second-order valence-corrected chi connectivity index (χ2v) is 5.99. The Morgan fingerprint density at radius 3 is 2.48 bits per heavy atom. The predicted octanol–water partition coefficient (Wildman–Crippen LogP) is 3.87. The van der Waals surface area contributed by atoms with Crippen molar-refractivity contribution in [1.29, 1.82) is 0 Å². The molecule has 21 heavy (non-hydrogen) atoms. The van der Waals surface area contributed by atoms with E-state index < -0.39 is 0 Å². The molecule has 0 spiro atoms. The highest BCUT2D eigenvalue weighted by molar-refractivity contribution is 5.97. The highest BCUT2D eigenvalue weighted by Crippen LogP contribution is 2.53. The van der Waals surface area contributed by atoms with E-state index in [0.29, 0.717) is 23.4 Å². The summed E-state index contributed by atoms with van der Waals surface area (Å²) in [4.78, 5) is 17.2. The van der Waals surface area contributed by atoms with Crippen LogP contribution >= 0.6 is 0 Å². The Labute approximate surface area is 124 Å². The van der Waals surface area contributed by atoms with E-state index in [1.807, 2.05) is 24.3 Å². The van der Waals surface area contributed by atoms with Gasteiger partial charge in [-0.25, -0.2) is 0 Å². The molecule has 1 aromatic carbocycles. The van der Waals surface area contributed by atoms with Gasteiger partial charge in [0.25, 0.3) is 0 Å². The van der Waals surface area contributed by atoms with E-state index in [2.05, 4.69) is 41.4 Å². The van der Waals surface area contributed by atoms with Gasteiger partial charge in [0.1, 0.15) is 5.69 Å². The summed E-state index contributed by atoms with van der Waals surface area (Å²) in [6.45, 7) is 0. The van der Waals surface area contributed by atoms with Gasteiger partial charge >= 0.3 is 0 Å². The first-order chi connectivity index (χ1) is 10.3. The first-order valence-electron chi connectivity index (χ1n) is 7.53. The molecule has 2 aliphatic rings. The maximum Gasteiger partial charge on any atom is 0.185 e. The van der Waals surface area contributed by atoms with Crippen LogP contribution in [0.1, 0.15) is 28.4 Å². The average molecular weight is 275 g/mol. The van der Waals surface area contributed by atoms with Crippen LogP contribution < -0.4 is 0 Å². The maximum absolute atomic E-state index is 12.9.